The van der Waals surface area contributed by atoms with Gasteiger partial charge in [-0.2, -0.15) is 5.10 Å². The number of fused-ring (bicyclic) bond motifs is 1. The van der Waals surface area contributed by atoms with Crippen LogP contribution in [-0.4, -0.2) is 67.8 Å². The molecule has 174 valence electrons. The monoisotopic (exact) mass is 442 g/mol. The van der Waals surface area contributed by atoms with E-state index in [1.807, 2.05) is 23.9 Å². The molecule has 2 N–H and O–H groups in total. The minimum Gasteiger partial charge on any atom is -0.497 e. The molecule has 0 saturated carbocycles. The van der Waals surface area contributed by atoms with Crippen molar-refractivity contribution in [1.82, 2.24) is 25.4 Å². The molecule has 0 spiro atoms. The van der Waals surface area contributed by atoms with Gasteiger partial charge >= 0.3 is 0 Å². The fourth-order valence-electron chi connectivity index (χ4n) is 4.58. The van der Waals surface area contributed by atoms with Crippen LogP contribution in [0.3, 0.4) is 0 Å². The molecule has 0 aliphatic carbocycles. The quantitative estimate of drug-likeness (QED) is 0.497. The fraction of sp³-hybridized carbons (Fsp3) is 0.609. The van der Waals surface area contributed by atoms with Crippen molar-refractivity contribution in [2.24, 2.45) is 4.99 Å². The molecule has 1 aromatic carbocycles. The van der Waals surface area contributed by atoms with Gasteiger partial charge in [0.2, 0.25) is 0 Å². The Morgan fingerprint density at radius 2 is 2.03 bits per heavy atom. The zero-order chi connectivity index (χ0) is 22.4. The van der Waals surface area contributed by atoms with Gasteiger partial charge in [-0.05, 0) is 37.0 Å². The van der Waals surface area contributed by atoms with Gasteiger partial charge in [0, 0.05) is 51.8 Å². The minimum absolute atomic E-state index is 0.00281. The Balaban J connectivity index is 1.40. The first kappa shape index (κ1) is 22.5. The van der Waals surface area contributed by atoms with Gasteiger partial charge in [-0.25, -0.2) is 9.67 Å². The van der Waals surface area contributed by atoms with Crippen molar-refractivity contribution < 1.29 is 14.2 Å². The van der Waals surface area contributed by atoms with E-state index in [-0.39, 0.29) is 11.5 Å². The zero-order valence-electron chi connectivity index (χ0n) is 19.3. The second-order valence-corrected chi connectivity index (χ2v) is 8.49. The first-order valence-corrected chi connectivity index (χ1v) is 11.3. The van der Waals surface area contributed by atoms with Crippen LogP contribution in [0.25, 0.3) is 0 Å². The van der Waals surface area contributed by atoms with E-state index < -0.39 is 0 Å². The highest BCUT2D eigenvalue weighted by Gasteiger charge is 2.35. The van der Waals surface area contributed by atoms with E-state index in [4.69, 9.17) is 14.2 Å². The number of hydrogen-bond acceptors (Lipinski definition) is 6. The number of methoxy groups -OCH3 is 2. The van der Waals surface area contributed by atoms with Crippen molar-refractivity contribution in [3.05, 3.63) is 41.5 Å². The summed E-state index contributed by atoms with van der Waals surface area (Å²) in [7, 11) is 5.18. The predicted octanol–water partition coefficient (Wildman–Crippen LogP) is 1.66. The van der Waals surface area contributed by atoms with Crippen LogP contribution >= 0.6 is 0 Å². The van der Waals surface area contributed by atoms with Gasteiger partial charge in [0.05, 0.1) is 13.7 Å². The van der Waals surface area contributed by atoms with E-state index in [2.05, 4.69) is 37.8 Å². The average molecular weight is 443 g/mol. The van der Waals surface area contributed by atoms with Gasteiger partial charge in [0.15, 0.2) is 11.8 Å². The molecule has 32 heavy (non-hydrogen) atoms. The van der Waals surface area contributed by atoms with Crippen LogP contribution in [0.2, 0.25) is 0 Å². The third-order valence-corrected chi connectivity index (χ3v) is 6.49. The Morgan fingerprint density at radius 1 is 1.25 bits per heavy atom. The Labute approximate surface area is 189 Å². The molecule has 1 unspecified atom stereocenters. The SMILES string of the molecule is CN=C(NCC1(c2ccc(OC)cc2)CCOCC1)NC1CCc2nc(COC)nn2C1. The number of aromatic nitrogens is 3. The molecule has 1 atom stereocenters. The molecular weight excluding hydrogens is 408 g/mol. The number of aliphatic imine (C=N–C) groups is 1. The Morgan fingerprint density at radius 3 is 2.72 bits per heavy atom. The van der Waals surface area contributed by atoms with Crippen LogP contribution in [0.5, 0.6) is 5.75 Å². The van der Waals surface area contributed by atoms with Crippen molar-refractivity contribution in [2.45, 2.75) is 50.3 Å². The van der Waals surface area contributed by atoms with E-state index in [0.29, 0.717) is 6.61 Å². The van der Waals surface area contributed by atoms with Crippen LogP contribution in [0, 0.1) is 0 Å². The topological polar surface area (TPSA) is 94.8 Å². The molecule has 4 rings (SSSR count). The lowest BCUT2D eigenvalue weighted by Crippen LogP contribution is -2.51. The van der Waals surface area contributed by atoms with Gasteiger partial charge < -0.3 is 24.8 Å². The normalized spacial score (nSPS) is 20.5. The van der Waals surface area contributed by atoms with E-state index in [1.165, 1.54) is 5.56 Å². The van der Waals surface area contributed by atoms with Crippen molar-refractivity contribution >= 4 is 5.96 Å². The number of hydrogen-bond donors (Lipinski definition) is 2. The number of nitrogens with one attached hydrogen (secondary N) is 2. The molecule has 2 aliphatic heterocycles. The second kappa shape index (κ2) is 10.3. The van der Waals surface area contributed by atoms with Crippen LogP contribution in [0.1, 0.15) is 36.5 Å². The van der Waals surface area contributed by atoms with Crippen molar-refractivity contribution in [1.29, 1.82) is 0 Å². The van der Waals surface area contributed by atoms with E-state index >= 15 is 0 Å². The summed E-state index contributed by atoms with van der Waals surface area (Å²) in [5, 5.41) is 11.7. The lowest BCUT2D eigenvalue weighted by Gasteiger charge is -2.38. The molecule has 0 radical (unpaired) electrons. The number of benzene rings is 1. The van der Waals surface area contributed by atoms with Crippen molar-refractivity contribution in [3.63, 3.8) is 0 Å². The summed E-state index contributed by atoms with van der Waals surface area (Å²) in [4.78, 5) is 9.05. The van der Waals surface area contributed by atoms with Crippen LogP contribution in [0.15, 0.2) is 29.3 Å². The summed E-state index contributed by atoms with van der Waals surface area (Å²) >= 11 is 0. The molecule has 0 bridgehead atoms. The smallest absolute Gasteiger partial charge is 0.191 e. The summed E-state index contributed by atoms with van der Waals surface area (Å²) in [6.45, 7) is 3.53. The van der Waals surface area contributed by atoms with E-state index in [1.54, 1.807) is 14.2 Å². The summed E-state index contributed by atoms with van der Waals surface area (Å²) in [5.74, 6) is 3.46. The van der Waals surface area contributed by atoms with Crippen LogP contribution < -0.4 is 15.4 Å². The third kappa shape index (κ3) is 5.05. The van der Waals surface area contributed by atoms with E-state index in [0.717, 1.165) is 75.3 Å². The molecule has 9 heteroatoms. The Bertz CT molecular complexity index is 905. The number of aryl methyl sites for hydroxylation is 1. The molecule has 2 aromatic rings. The first-order valence-electron chi connectivity index (χ1n) is 11.3. The number of rotatable bonds is 7. The summed E-state index contributed by atoms with van der Waals surface area (Å²) in [6, 6.07) is 8.67. The predicted molar refractivity (Wildman–Crippen MR) is 122 cm³/mol. The number of ether oxygens (including phenoxy) is 3. The maximum absolute atomic E-state index is 5.68. The summed E-state index contributed by atoms with van der Waals surface area (Å²) in [5.41, 5.74) is 1.31. The fourth-order valence-corrected chi connectivity index (χ4v) is 4.58. The molecule has 1 aromatic heterocycles. The molecule has 9 nitrogen and oxygen atoms in total. The lowest BCUT2D eigenvalue weighted by atomic mass is 9.74. The standard InChI is InChI=1S/C23H34N6O3/c1-24-22(26-18-6-9-21-27-20(15-30-2)28-29(21)14-18)25-16-23(10-12-32-13-11-23)17-4-7-19(31-3)8-5-17/h4-5,7-8,18H,6,9-16H2,1-3H3,(H2,24,25,26). The Kier molecular flexibility index (Phi) is 7.26. The zero-order valence-corrected chi connectivity index (χ0v) is 19.3. The largest absolute Gasteiger partial charge is 0.497 e. The van der Waals surface area contributed by atoms with Gasteiger partial charge in [-0.15, -0.1) is 0 Å². The molecule has 2 aliphatic rings. The highest BCUT2D eigenvalue weighted by atomic mass is 16.5. The lowest BCUT2D eigenvalue weighted by molar-refractivity contribution is 0.0513. The second-order valence-electron chi connectivity index (χ2n) is 8.49. The van der Waals surface area contributed by atoms with Crippen molar-refractivity contribution in [3.8, 4) is 5.75 Å². The van der Waals surface area contributed by atoms with Gasteiger partial charge in [0.1, 0.15) is 18.2 Å². The first-order chi connectivity index (χ1) is 15.7. The number of guanidine groups is 1. The average Bonchev–Trinajstić information content (AvgIpc) is 3.24. The highest BCUT2D eigenvalue weighted by Crippen LogP contribution is 2.35. The molecular formula is C23H34N6O3. The maximum atomic E-state index is 5.68. The Hall–Kier alpha value is -2.65. The number of nitrogens with zero attached hydrogens (tertiary/aromatic N) is 4. The highest BCUT2D eigenvalue weighted by molar-refractivity contribution is 5.80. The van der Waals surface area contributed by atoms with Gasteiger partial charge in [0.25, 0.3) is 0 Å². The van der Waals surface area contributed by atoms with Crippen LogP contribution in [0.4, 0.5) is 0 Å². The van der Waals surface area contributed by atoms with Crippen LogP contribution in [-0.2, 0) is 34.5 Å². The summed E-state index contributed by atoms with van der Waals surface area (Å²) in [6.07, 6.45) is 3.82. The summed E-state index contributed by atoms with van der Waals surface area (Å²) < 4.78 is 18.2. The van der Waals surface area contributed by atoms with Gasteiger partial charge in [-0.1, -0.05) is 12.1 Å². The van der Waals surface area contributed by atoms with Gasteiger partial charge in [-0.3, -0.25) is 4.99 Å². The minimum atomic E-state index is 0.00281. The molecule has 3 heterocycles. The molecule has 1 fully saturated rings. The van der Waals surface area contributed by atoms with Crippen molar-refractivity contribution in [2.75, 3.05) is 41.0 Å². The van der Waals surface area contributed by atoms with E-state index in [9.17, 15) is 0 Å². The third-order valence-electron chi connectivity index (χ3n) is 6.49. The maximum Gasteiger partial charge on any atom is 0.191 e. The molecule has 1 saturated heterocycles. The molecule has 0 amide bonds.